The monoisotopic (exact) mass is 477 g/mol. The molecule has 3 aromatic carbocycles. The second-order valence-electron chi connectivity index (χ2n) is 7.71. The number of para-hydroxylation sites is 1. The SMILES string of the molecule is Cc1nc2ccccc2c(/C=C/c2ccc(Cl)cc2)c1C(=O)/C=C/c1ccc(C(F)(F)F)cc1. The van der Waals surface area contributed by atoms with Crippen LogP contribution in [0.3, 0.4) is 0 Å². The topological polar surface area (TPSA) is 30.0 Å². The summed E-state index contributed by atoms with van der Waals surface area (Å²) >= 11 is 5.97. The molecule has 170 valence electrons. The van der Waals surface area contributed by atoms with Crippen LogP contribution in [0.25, 0.3) is 29.1 Å². The highest BCUT2D eigenvalue weighted by Crippen LogP contribution is 2.30. The third-order valence-corrected chi connectivity index (χ3v) is 5.59. The first-order chi connectivity index (χ1) is 16.2. The fourth-order valence-electron chi connectivity index (χ4n) is 3.64. The van der Waals surface area contributed by atoms with E-state index in [2.05, 4.69) is 4.98 Å². The van der Waals surface area contributed by atoms with Crippen molar-refractivity contribution in [2.45, 2.75) is 13.1 Å². The number of aryl methyl sites for hydroxylation is 1. The highest BCUT2D eigenvalue weighted by molar-refractivity contribution is 6.30. The van der Waals surface area contributed by atoms with Crippen LogP contribution in [0.4, 0.5) is 13.2 Å². The van der Waals surface area contributed by atoms with E-state index in [0.29, 0.717) is 21.8 Å². The number of alkyl halides is 3. The van der Waals surface area contributed by atoms with Crippen molar-refractivity contribution in [2.24, 2.45) is 0 Å². The van der Waals surface area contributed by atoms with Gasteiger partial charge >= 0.3 is 6.18 Å². The summed E-state index contributed by atoms with van der Waals surface area (Å²) in [5.74, 6) is -0.286. The lowest BCUT2D eigenvalue weighted by Gasteiger charge is -2.11. The van der Waals surface area contributed by atoms with E-state index >= 15 is 0 Å². The molecule has 4 aromatic rings. The smallest absolute Gasteiger partial charge is 0.289 e. The predicted molar refractivity (Wildman–Crippen MR) is 132 cm³/mol. The summed E-state index contributed by atoms with van der Waals surface area (Å²) in [6, 6.07) is 19.5. The highest BCUT2D eigenvalue weighted by atomic mass is 35.5. The molecule has 0 N–H and O–H groups in total. The Hall–Kier alpha value is -3.70. The third kappa shape index (κ3) is 5.26. The average molecular weight is 478 g/mol. The van der Waals surface area contributed by atoms with Gasteiger partial charge in [-0.2, -0.15) is 13.2 Å². The molecule has 0 atom stereocenters. The summed E-state index contributed by atoms with van der Waals surface area (Å²) in [5.41, 5.74) is 3.16. The third-order valence-electron chi connectivity index (χ3n) is 5.34. The number of allylic oxidation sites excluding steroid dienone is 1. The molecule has 0 spiro atoms. The van der Waals surface area contributed by atoms with Crippen LogP contribution in [-0.4, -0.2) is 10.8 Å². The zero-order valence-corrected chi connectivity index (χ0v) is 18.9. The van der Waals surface area contributed by atoms with Gasteiger partial charge in [-0.05, 0) is 60.0 Å². The van der Waals surface area contributed by atoms with E-state index < -0.39 is 11.7 Å². The molecule has 0 amide bonds. The normalized spacial score (nSPS) is 12.1. The number of hydrogen-bond donors (Lipinski definition) is 0. The lowest BCUT2D eigenvalue weighted by Crippen LogP contribution is -2.05. The van der Waals surface area contributed by atoms with Gasteiger partial charge in [0.25, 0.3) is 0 Å². The molecule has 0 saturated heterocycles. The van der Waals surface area contributed by atoms with Crippen molar-refractivity contribution in [3.8, 4) is 0 Å². The number of pyridine rings is 1. The zero-order chi connectivity index (χ0) is 24.3. The van der Waals surface area contributed by atoms with Crippen molar-refractivity contribution in [3.63, 3.8) is 0 Å². The molecular weight excluding hydrogens is 459 g/mol. The first-order valence-corrected chi connectivity index (χ1v) is 10.8. The largest absolute Gasteiger partial charge is 0.416 e. The Kier molecular flexibility index (Phi) is 6.66. The summed E-state index contributed by atoms with van der Waals surface area (Å²) in [6.07, 6.45) is 2.23. The van der Waals surface area contributed by atoms with Gasteiger partial charge in [0.05, 0.1) is 16.6 Å². The Labute approximate surface area is 200 Å². The summed E-state index contributed by atoms with van der Waals surface area (Å²) in [7, 11) is 0. The average Bonchev–Trinajstić information content (AvgIpc) is 2.81. The number of rotatable bonds is 5. The molecule has 0 fully saturated rings. The number of benzene rings is 3. The molecule has 2 nitrogen and oxygen atoms in total. The molecule has 0 aliphatic carbocycles. The van der Waals surface area contributed by atoms with Gasteiger partial charge in [-0.15, -0.1) is 0 Å². The van der Waals surface area contributed by atoms with Gasteiger partial charge in [-0.3, -0.25) is 9.78 Å². The van der Waals surface area contributed by atoms with Gasteiger partial charge in [0.1, 0.15) is 0 Å². The number of carbonyl (C=O) groups excluding carboxylic acids is 1. The van der Waals surface area contributed by atoms with Gasteiger partial charge < -0.3 is 0 Å². The van der Waals surface area contributed by atoms with Crippen molar-refractivity contribution >= 4 is 46.5 Å². The molecule has 0 aliphatic heterocycles. The number of fused-ring (bicyclic) bond motifs is 1. The number of nitrogens with zero attached hydrogens (tertiary/aromatic N) is 1. The number of carbonyl (C=O) groups is 1. The maximum Gasteiger partial charge on any atom is 0.416 e. The molecule has 34 heavy (non-hydrogen) atoms. The minimum absolute atomic E-state index is 0.286. The number of halogens is 4. The summed E-state index contributed by atoms with van der Waals surface area (Å²) in [4.78, 5) is 17.8. The van der Waals surface area contributed by atoms with Crippen molar-refractivity contribution in [1.29, 1.82) is 0 Å². The highest BCUT2D eigenvalue weighted by Gasteiger charge is 2.29. The molecule has 0 saturated carbocycles. The quantitative estimate of drug-likeness (QED) is 0.214. The van der Waals surface area contributed by atoms with Gasteiger partial charge in [0.15, 0.2) is 5.78 Å². The Morgan fingerprint density at radius 3 is 2.15 bits per heavy atom. The Morgan fingerprint density at radius 2 is 1.47 bits per heavy atom. The number of ketones is 1. The molecular formula is C28H19ClF3NO. The summed E-state index contributed by atoms with van der Waals surface area (Å²) in [5, 5.41) is 1.45. The first-order valence-electron chi connectivity index (χ1n) is 10.4. The molecule has 4 rings (SSSR count). The number of aromatic nitrogens is 1. The van der Waals surface area contributed by atoms with Crippen LogP contribution >= 0.6 is 11.6 Å². The fraction of sp³-hybridized carbons (Fsp3) is 0.0714. The lowest BCUT2D eigenvalue weighted by atomic mass is 9.96. The molecule has 0 unspecified atom stereocenters. The summed E-state index contributed by atoms with van der Waals surface area (Å²) in [6.45, 7) is 1.77. The second-order valence-corrected chi connectivity index (χ2v) is 8.14. The van der Waals surface area contributed by atoms with Crippen molar-refractivity contribution in [1.82, 2.24) is 4.98 Å². The molecule has 6 heteroatoms. The van der Waals surface area contributed by atoms with E-state index in [1.165, 1.54) is 24.3 Å². The van der Waals surface area contributed by atoms with Crippen LogP contribution < -0.4 is 0 Å². The molecule has 1 heterocycles. The van der Waals surface area contributed by atoms with Crippen LogP contribution in [0, 0.1) is 6.92 Å². The van der Waals surface area contributed by atoms with Crippen molar-refractivity contribution in [2.75, 3.05) is 0 Å². The van der Waals surface area contributed by atoms with E-state index in [1.54, 1.807) is 19.1 Å². The van der Waals surface area contributed by atoms with Crippen LogP contribution in [-0.2, 0) is 6.18 Å². The van der Waals surface area contributed by atoms with Gasteiger partial charge in [0.2, 0.25) is 0 Å². The van der Waals surface area contributed by atoms with Crippen molar-refractivity contribution in [3.05, 3.63) is 117 Å². The molecule has 1 aromatic heterocycles. The number of hydrogen-bond acceptors (Lipinski definition) is 2. The minimum Gasteiger partial charge on any atom is -0.289 e. The van der Waals surface area contributed by atoms with E-state index in [9.17, 15) is 18.0 Å². The molecule has 0 radical (unpaired) electrons. The Balaban J connectivity index is 1.73. The van der Waals surface area contributed by atoms with Crippen LogP contribution in [0.1, 0.15) is 38.3 Å². The first kappa shape index (κ1) is 23.5. The Morgan fingerprint density at radius 1 is 0.853 bits per heavy atom. The predicted octanol–water partition coefficient (Wildman–Crippen LogP) is 8.28. The minimum atomic E-state index is -4.41. The molecule has 0 bridgehead atoms. The van der Waals surface area contributed by atoms with Crippen LogP contribution in [0.15, 0.2) is 78.9 Å². The van der Waals surface area contributed by atoms with Crippen LogP contribution in [0.2, 0.25) is 5.02 Å². The van der Waals surface area contributed by atoms with Crippen LogP contribution in [0.5, 0.6) is 0 Å². The van der Waals surface area contributed by atoms with Gasteiger partial charge in [-0.1, -0.05) is 72.3 Å². The lowest BCUT2D eigenvalue weighted by molar-refractivity contribution is -0.137. The van der Waals surface area contributed by atoms with E-state index in [4.69, 9.17) is 11.6 Å². The van der Waals surface area contributed by atoms with E-state index in [-0.39, 0.29) is 5.78 Å². The fourth-order valence-corrected chi connectivity index (χ4v) is 3.77. The zero-order valence-electron chi connectivity index (χ0n) is 18.1. The molecule has 0 aliphatic rings. The standard InChI is InChI=1S/C28H19ClF3NO/c1-18-27(26(34)17-11-19-6-12-21(13-7-19)28(30,31)32)24(23-4-2-3-5-25(23)33-18)16-10-20-8-14-22(29)15-9-20/h2-17H,1H3/b16-10+,17-11+. The van der Waals surface area contributed by atoms with Crippen molar-refractivity contribution < 1.29 is 18.0 Å². The summed E-state index contributed by atoms with van der Waals surface area (Å²) < 4.78 is 38.4. The second kappa shape index (κ2) is 9.65. The van der Waals surface area contributed by atoms with Gasteiger partial charge in [-0.25, -0.2) is 0 Å². The maximum absolute atomic E-state index is 13.2. The van der Waals surface area contributed by atoms with E-state index in [1.807, 2.05) is 48.6 Å². The Bertz CT molecular complexity index is 1400. The van der Waals surface area contributed by atoms with Gasteiger partial charge in [0, 0.05) is 16.1 Å². The maximum atomic E-state index is 13.2. The van der Waals surface area contributed by atoms with E-state index in [0.717, 1.165) is 34.2 Å².